The molecule has 0 amide bonds. The zero-order valence-corrected chi connectivity index (χ0v) is 15.6. The molecule has 6 N–H and O–H groups in total. The zero-order valence-electron chi connectivity index (χ0n) is 15.6. The number of methoxy groups -OCH3 is 1. The minimum Gasteiger partial charge on any atom is -0.497 e. The van der Waals surface area contributed by atoms with Gasteiger partial charge >= 0.3 is 0 Å². The first-order valence-electron chi connectivity index (χ1n) is 9.10. The standard InChI is InChI=1S/C18H26O11/c1-25-8-2-4-9(5-3-8)27-17-15(24)16(10(20)7-26-17)29-18-14(23)13(22)12(21)11(6-19)28-18/h2-5,10-24H,6-7H2,1H3/t10-,11-,12-,13+,14-,15-,16-,17-,18+/m0/s1. The smallest absolute Gasteiger partial charge is 0.228 e. The maximum absolute atomic E-state index is 10.6. The summed E-state index contributed by atoms with van der Waals surface area (Å²) in [5.74, 6) is 0.986. The van der Waals surface area contributed by atoms with E-state index in [2.05, 4.69) is 0 Å². The minimum atomic E-state index is -1.67. The van der Waals surface area contributed by atoms with Gasteiger partial charge in [0.25, 0.3) is 0 Å². The number of hydrogen-bond acceptors (Lipinski definition) is 11. The molecule has 164 valence electrons. The first-order chi connectivity index (χ1) is 13.8. The molecule has 0 unspecified atom stereocenters. The Labute approximate surface area is 166 Å². The van der Waals surface area contributed by atoms with Gasteiger partial charge in [0.05, 0.1) is 20.3 Å². The normalized spacial score (nSPS) is 40.4. The number of aliphatic hydroxyl groups is 6. The molecule has 2 heterocycles. The van der Waals surface area contributed by atoms with Crippen LogP contribution in [0.3, 0.4) is 0 Å². The van der Waals surface area contributed by atoms with Crippen molar-refractivity contribution >= 4 is 0 Å². The van der Waals surface area contributed by atoms with Crippen LogP contribution in [0.5, 0.6) is 11.5 Å². The summed E-state index contributed by atoms with van der Waals surface area (Å²) < 4.78 is 26.7. The first-order valence-corrected chi connectivity index (χ1v) is 9.10. The maximum Gasteiger partial charge on any atom is 0.228 e. The Hall–Kier alpha value is -1.54. The number of rotatable bonds is 6. The zero-order chi connectivity index (χ0) is 21.1. The van der Waals surface area contributed by atoms with Crippen LogP contribution in [-0.2, 0) is 14.2 Å². The van der Waals surface area contributed by atoms with Gasteiger partial charge in [-0.1, -0.05) is 0 Å². The van der Waals surface area contributed by atoms with Gasteiger partial charge in [0.15, 0.2) is 6.29 Å². The molecular weight excluding hydrogens is 392 g/mol. The number of benzene rings is 1. The Morgan fingerprint density at radius 1 is 0.897 bits per heavy atom. The van der Waals surface area contributed by atoms with Crippen molar-refractivity contribution in [3.8, 4) is 11.5 Å². The molecular formula is C18H26O11. The molecule has 0 aliphatic carbocycles. The number of hydrogen-bond donors (Lipinski definition) is 6. The van der Waals surface area contributed by atoms with E-state index >= 15 is 0 Å². The average molecular weight is 418 g/mol. The van der Waals surface area contributed by atoms with Crippen LogP contribution in [-0.4, -0.2) is 106 Å². The van der Waals surface area contributed by atoms with Crippen LogP contribution in [0.25, 0.3) is 0 Å². The van der Waals surface area contributed by atoms with Crippen LogP contribution in [0.4, 0.5) is 0 Å². The predicted molar refractivity (Wildman–Crippen MR) is 94.0 cm³/mol. The van der Waals surface area contributed by atoms with Gasteiger partial charge < -0.3 is 54.3 Å². The SMILES string of the molecule is COc1ccc(O[C@@H]2OC[C@H](O)[C@H](O[C@H]3O[C@@H](CO)[C@H](O)[C@@H](O)[C@@H]3O)[C@@H]2O)cc1. The van der Waals surface area contributed by atoms with Crippen molar-refractivity contribution in [2.45, 2.75) is 55.3 Å². The highest BCUT2D eigenvalue weighted by Gasteiger charge is 2.48. The van der Waals surface area contributed by atoms with Gasteiger partial charge in [0.2, 0.25) is 6.29 Å². The monoisotopic (exact) mass is 418 g/mol. The highest BCUT2D eigenvalue weighted by Crippen LogP contribution is 2.28. The summed E-state index contributed by atoms with van der Waals surface area (Å²) in [6.07, 6.45) is -12.8. The second kappa shape index (κ2) is 9.51. The molecule has 3 rings (SSSR count). The van der Waals surface area contributed by atoms with Crippen LogP contribution in [0, 0.1) is 0 Å². The fraction of sp³-hybridized carbons (Fsp3) is 0.667. The fourth-order valence-corrected chi connectivity index (χ4v) is 3.17. The van der Waals surface area contributed by atoms with Crippen molar-refractivity contribution in [2.75, 3.05) is 20.3 Å². The third kappa shape index (κ3) is 4.79. The second-order valence-electron chi connectivity index (χ2n) is 6.85. The molecule has 2 aliphatic heterocycles. The Kier molecular flexibility index (Phi) is 7.27. The lowest BCUT2D eigenvalue weighted by atomic mass is 9.98. The number of aliphatic hydroxyl groups excluding tert-OH is 6. The van der Waals surface area contributed by atoms with E-state index < -0.39 is 61.9 Å². The summed E-state index contributed by atoms with van der Waals surface area (Å²) in [5, 5.41) is 59.8. The van der Waals surface area contributed by atoms with Crippen LogP contribution < -0.4 is 9.47 Å². The van der Waals surface area contributed by atoms with Crippen molar-refractivity contribution in [1.29, 1.82) is 0 Å². The van der Waals surface area contributed by atoms with E-state index in [-0.39, 0.29) is 6.61 Å². The highest BCUT2D eigenvalue weighted by molar-refractivity contribution is 5.31. The third-order valence-electron chi connectivity index (χ3n) is 4.88. The molecule has 0 saturated carbocycles. The van der Waals surface area contributed by atoms with Crippen LogP contribution >= 0.6 is 0 Å². The summed E-state index contributed by atoms with van der Waals surface area (Å²) >= 11 is 0. The summed E-state index contributed by atoms with van der Waals surface area (Å²) in [6.45, 7) is -0.868. The lowest BCUT2D eigenvalue weighted by Gasteiger charge is -2.44. The molecule has 2 aliphatic rings. The predicted octanol–water partition coefficient (Wildman–Crippen LogP) is -2.66. The lowest BCUT2D eigenvalue weighted by Crippen LogP contribution is -2.63. The van der Waals surface area contributed by atoms with Crippen molar-refractivity contribution in [2.24, 2.45) is 0 Å². The Morgan fingerprint density at radius 3 is 2.17 bits per heavy atom. The molecule has 11 heteroatoms. The first kappa shape index (κ1) is 22.2. The van der Waals surface area contributed by atoms with Crippen LogP contribution in [0.15, 0.2) is 24.3 Å². The van der Waals surface area contributed by atoms with Gasteiger partial charge in [-0.05, 0) is 24.3 Å². The summed E-state index contributed by atoms with van der Waals surface area (Å²) in [7, 11) is 1.52. The van der Waals surface area contributed by atoms with Crippen molar-refractivity contribution in [3.05, 3.63) is 24.3 Å². The van der Waals surface area contributed by atoms with E-state index in [4.69, 9.17) is 23.7 Å². The molecule has 9 atom stereocenters. The van der Waals surface area contributed by atoms with Gasteiger partial charge in [-0.2, -0.15) is 0 Å². The van der Waals surface area contributed by atoms with Crippen molar-refractivity contribution in [3.63, 3.8) is 0 Å². The number of ether oxygens (including phenoxy) is 5. The van der Waals surface area contributed by atoms with E-state index in [9.17, 15) is 30.6 Å². The molecule has 29 heavy (non-hydrogen) atoms. The largest absolute Gasteiger partial charge is 0.497 e. The van der Waals surface area contributed by atoms with E-state index in [0.717, 1.165) is 0 Å². The summed E-state index contributed by atoms with van der Waals surface area (Å²) in [6, 6.07) is 6.52. The Morgan fingerprint density at radius 2 is 1.55 bits per heavy atom. The maximum atomic E-state index is 10.6. The topological polar surface area (TPSA) is 168 Å². The fourth-order valence-electron chi connectivity index (χ4n) is 3.17. The molecule has 2 saturated heterocycles. The van der Waals surface area contributed by atoms with Gasteiger partial charge in [-0.3, -0.25) is 0 Å². The van der Waals surface area contributed by atoms with Gasteiger partial charge in [-0.15, -0.1) is 0 Å². The van der Waals surface area contributed by atoms with Crippen molar-refractivity contribution in [1.82, 2.24) is 0 Å². The molecule has 1 aromatic carbocycles. The molecule has 0 bridgehead atoms. The van der Waals surface area contributed by atoms with Gasteiger partial charge in [-0.25, -0.2) is 0 Å². The molecule has 0 radical (unpaired) electrons. The molecule has 11 nitrogen and oxygen atoms in total. The van der Waals surface area contributed by atoms with E-state index in [1.54, 1.807) is 24.3 Å². The van der Waals surface area contributed by atoms with E-state index in [0.29, 0.717) is 11.5 Å². The second-order valence-corrected chi connectivity index (χ2v) is 6.85. The quantitative estimate of drug-likeness (QED) is 0.285. The molecule has 2 fully saturated rings. The van der Waals surface area contributed by atoms with Crippen molar-refractivity contribution < 1.29 is 54.3 Å². The molecule has 0 spiro atoms. The minimum absolute atomic E-state index is 0.236. The van der Waals surface area contributed by atoms with Crippen LogP contribution in [0.1, 0.15) is 0 Å². The van der Waals surface area contributed by atoms with Gasteiger partial charge in [0, 0.05) is 0 Å². The summed E-state index contributed by atoms with van der Waals surface area (Å²) in [4.78, 5) is 0. The van der Waals surface area contributed by atoms with E-state index in [1.807, 2.05) is 0 Å². The molecule has 1 aromatic rings. The van der Waals surface area contributed by atoms with Gasteiger partial charge in [0.1, 0.15) is 54.2 Å². The lowest BCUT2D eigenvalue weighted by molar-refractivity contribution is -0.343. The Balaban J connectivity index is 1.67. The Bertz CT molecular complexity index is 639. The third-order valence-corrected chi connectivity index (χ3v) is 4.88. The highest BCUT2D eigenvalue weighted by atomic mass is 16.7. The summed E-state index contributed by atoms with van der Waals surface area (Å²) in [5.41, 5.74) is 0. The molecule has 0 aromatic heterocycles. The van der Waals surface area contributed by atoms with E-state index in [1.165, 1.54) is 7.11 Å². The average Bonchev–Trinajstić information content (AvgIpc) is 2.73. The van der Waals surface area contributed by atoms with Crippen LogP contribution in [0.2, 0.25) is 0 Å².